The third-order valence-corrected chi connectivity index (χ3v) is 4.46. The molecule has 134 valence electrons. The largest absolute Gasteiger partial charge is 0.425 e. The predicted octanol–water partition coefficient (Wildman–Crippen LogP) is 4.05. The van der Waals surface area contributed by atoms with Gasteiger partial charge in [0.1, 0.15) is 5.75 Å². The second-order valence-corrected chi connectivity index (χ2v) is 6.63. The van der Waals surface area contributed by atoms with E-state index in [1.165, 1.54) is 10.9 Å². The molecule has 3 aromatic rings. The molecule has 0 unspecified atom stereocenters. The average molecular weight is 371 g/mol. The quantitative estimate of drug-likeness (QED) is 0.502. The van der Waals surface area contributed by atoms with Crippen molar-refractivity contribution >= 4 is 28.5 Å². The molecule has 3 rings (SSSR count). The van der Waals surface area contributed by atoms with Crippen molar-refractivity contribution in [2.75, 3.05) is 0 Å². The first-order valence-electron chi connectivity index (χ1n) is 8.37. The highest BCUT2D eigenvalue weighted by Crippen LogP contribution is 2.25. The topological polar surface area (TPSA) is 61.2 Å². The number of hydrogen-bond donors (Lipinski definition) is 0. The molecule has 0 atom stereocenters. The van der Waals surface area contributed by atoms with E-state index in [-0.39, 0.29) is 17.9 Å². The summed E-state index contributed by atoms with van der Waals surface area (Å²) < 4.78 is 6.83. The van der Waals surface area contributed by atoms with Gasteiger partial charge in [0.15, 0.2) is 0 Å². The molecule has 0 aliphatic rings. The van der Waals surface area contributed by atoms with E-state index in [4.69, 9.17) is 16.3 Å². The molecule has 5 nitrogen and oxygen atoms in total. The lowest BCUT2D eigenvalue weighted by atomic mass is 10.1. The van der Waals surface area contributed by atoms with Gasteiger partial charge in [0.05, 0.1) is 22.3 Å². The molecular weight excluding hydrogens is 352 g/mol. The van der Waals surface area contributed by atoms with E-state index >= 15 is 0 Å². The first-order chi connectivity index (χ1) is 12.5. The number of esters is 1. The summed E-state index contributed by atoms with van der Waals surface area (Å²) in [6, 6.07) is 10.8. The van der Waals surface area contributed by atoms with Gasteiger partial charge in [-0.15, -0.1) is 0 Å². The second kappa shape index (κ2) is 7.70. The Morgan fingerprint density at radius 2 is 2.04 bits per heavy atom. The smallest absolute Gasteiger partial charge is 0.311 e. The molecule has 2 aromatic carbocycles. The molecule has 0 N–H and O–H groups in total. The summed E-state index contributed by atoms with van der Waals surface area (Å²) in [6.07, 6.45) is 2.18. The van der Waals surface area contributed by atoms with Crippen molar-refractivity contribution in [3.63, 3.8) is 0 Å². The molecule has 1 aromatic heterocycles. The number of aromatic nitrogens is 2. The van der Waals surface area contributed by atoms with Gasteiger partial charge in [-0.3, -0.25) is 14.2 Å². The third kappa shape index (κ3) is 3.94. The molecule has 0 saturated carbocycles. The lowest BCUT2D eigenvalue weighted by molar-refractivity contribution is -0.134. The Kier molecular flexibility index (Phi) is 5.38. The maximum Gasteiger partial charge on any atom is 0.311 e. The van der Waals surface area contributed by atoms with Crippen LogP contribution in [0.4, 0.5) is 0 Å². The van der Waals surface area contributed by atoms with Gasteiger partial charge in [0.2, 0.25) is 0 Å². The van der Waals surface area contributed by atoms with Crippen molar-refractivity contribution in [3.8, 4) is 5.75 Å². The standard InChI is InChI=1S/C20H19ClN2O3/c1-13-8-9-16(21)17(11-13)26-18(24)7-4-10-23-12-22-19-14(2)5-3-6-15(19)20(23)25/h3,5-6,8-9,11-12H,4,7,10H2,1-2H3. The summed E-state index contributed by atoms with van der Waals surface area (Å²) in [5.41, 5.74) is 2.53. The number of ether oxygens (including phenoxy) is 1. The first-order valence-corrected chi connectivity index (χ1v) is 8.75. The van der Waals surface area contributed by atoms with E-state index < -0.39 is 0 Å². The van der Waals surface area contributed by atoms with Crippen LogP contribution in [0.25, 0.3) is 10.9 Å². The molecule has 0 aliphatic carbocycles. The van der Waals surface area contributed by atoms with Gasteiger partial charge >= 0.3 is 5.97 Å². The number of carbonyl (C=O) groups excluding carboxylic acids is 1. The number of benzene rings is 2. The summed E-state index contributed by atoms with van der Waals surface area (Å²) in [5.74, 6) is -0.0215. The van der Waals surface area contributed by atoms with Crippen LogP contribution < -0.4 is 10.3 Å². The molecule has 0 saturated heterocycles. The fourth-order valence-corrected chi connectivity index (χ4v) is 2.91. The van der Waals surface area contributed by atoms with Crippen molar-refractivity contribution in [1.82, 2.24) is 9.55 Å². The van der Waals surface area contributed by atoms with E-state index in [9.17, 15) is 9.59 Å². The summed E-state index contributed by atoms with van der Waals surface area (Å²) in [4.78, 5) is 28.9. The average Bonchev–Trinajstić information content (AvgIpc) is 2.61. The molecule has 0 fully saturated rings. The Hall–Kier alpha value is -2.66. The summed E-state index contributed by atoms with van der Waals surface area (Å²) >= 11 is 6.03. The van der Waals surface area contributed by atoms with Crippen molar-refractivity contribution in [2.45, 2.75) is 33.2 Å². The number of halogens is 1. The molecule has 0 aliphatic heterocycles. The van der Waals surface area contributed by atoms with Gasteiger partial charge in [0, 0.05) is 13.0 Å². The van der Waals surface area contributed by atoms with Crippen molar-refractivity contribution in [1.29, 1.82) is 0 Å². The Bertz CT molecular complexity index is 1030. The molecule has 1 heterocycles. The van der Waals surface area contributed by atoms with Crippen LogP contribution in [0.15, 0.2) is 47.5 Å². The molecule has 26 heavy (non-hydrogen) atoms. The lowest BCUT2D eigenvalue weighted by Gasteiger charge is -2.09. The van der Waals surface area contributed by atoms with Gasteiger partial charge in [-0.1, -0.05) is 29.8 Å². The number of rotatable bonds is 5. The maximum atomic E-state index is 12.5. The number of hydrogen-bond acceptors (Lipinski definition) is 4. The number of aryl methyl sites for hydroxylation is 3. The van der Waals surface area contributed by atoms with E-state index in [1.807, 2.05) is 32.0 Å². The van der Waals surface area contributed by atoms with E-state index in [0.29, 0.717) is 34.6 Å². The van der Waals surface area contributed by atoms with Crippen LogP contribution in [0.3, 0.4) is 0 Å². The Balaban J connectivity index is 1.64. The van der Waals surface area contributed by atoms with Crippen molar-refractivity contribution in [2.24, 2.45) is 0 Å². The van der Waals surface area contributed by atoms with Gasteiger partial charge < -0.3 is 4.74 Å². The van der Waals surface area contributed by atoms with Crippen molar-refractivity contribution in [3.05, 3.63) is 69.2 Å². The summed E-state index contributed by atoms with van der Waals surface area (Å²) in [7, 11) is 0. The van der Waals surface area contributed by atoms with Crippen LogP contribution >= 0.6 is 11.6 Å². The lowest BCUT2D eigenvalue weighted by Crippen LogP contribution is -2.21. The van der Waals surface area contributed by atoms with Crippen LogP contribution in [0.5, 0.6) is 5.75 Å². The Morgan fingerprint density at radius 1 is 1.23 bits per heavy atom. The van der Waals surface area contributed by atoms with Crippen LogP contribution in [-0.2, 0) is 11.3 Å². The van der Waals surface area contributed by atoms with Gasteiger partial charge in [-0.05, 0) is 49.6 Å². The van der Waals surface area contributed by atoms with Crippen LogP contribution in [0, 0.1) is 13.8 Å². The molecular formula is C20H19ClN2O3. The highest BCUT2D eigenvalue weighted by Gasteiger charge is 2.10. The van der Waals surface area contributed by atoms with E-state index in [1.54, 1.807) is 18.2 Å². The predicted molar refractivity (Wildman–Crippen MR) is 102 cm³/mol. The van der Waals surface area contributed by atoms with Gasteiger partial charge in [-0.25, -0.2) is 4.98 Å². The van der Waals surface area contributed by atoms with Gasteiger partial charge in [-0.2, -0.15) is 0 Å². The van der Waals surface area contributed by atoms with Gasteiger partial charge in [0.25, 0.3) is 5.56 Å². The zero-order valence-electron chi connectivity index (χ0n) is 14.7. The normalized spacial score (nSPS) is 10.9. The number of carbonyl (C=O) groups is 1. The minimum Gasteiger partial charge on any atom is -0.425 e. The SMILES string of the molecule is Cc1ccc(Cl)c(OC(=O)CCCn2cnc3c(C)cccc3c2=O)c1. The monoisotopic (exact) mass is 370 g/mol. The summed E-state index contributed by atoms with van der Waals surface area (Å²) in [6.45, 7) is 4.21. The fraction of sp³-hybridized carbons (Fsp3) is 0.250. The molecule has 0 amide bonds. The second-order valence-electron chi connectivity index (χ2n) is 6.23. The number of para-hydroxylation sites is 1. The minimum atomic E-state index is -0.379. The fourth-order valence-electron chi connectivity index (χ4n) is 2.75. The molecule has 6 heteroatoms. The van der Waals surface area contributed by atoms with Crippen LogP contribution in [0.1, 0.15) is 24.0 Å². The zero-order valence-corrected chi connectivity index (χ0v) is 15.4. The molecule has 0 bridgehead atoms. The molecule has 0 spiro atoms. The van der Waals surface area contributed by atoms with E-state index in [0.717, 1.165) is 11.1 Å². The van der Waals surface area contributed by atoms with E-state index in [2.05, 4.69) is 4.98 Å². The maximum absolute atomic E-state index is 12.5. The molecule has 0 radical (unpaired) electrons. The highest BCUT2D eigenvalue weighted by molar-refractivity contribution is 6.32. The van der Waals surface area contributed by atoms with Crippen molar-refractivity contribution < 1.29 is 9.53 Å². The first kappa shape index (κ1) is 18.1. The summed E-state index contributed by atoms with van der Waals surface area (Å²) in [5, 5.41) is 0.982. The third-order valence-electron chi connectivity index (χ3n) is 4.15. The van der Waals surface area contributed by atoms with Crippen LogP contribution in [0.2, 0.25) is 5.02 Å². The minimum absolute atomic E-state index is 0.103. The number of nitrogens with zero attached hydrogens (tertiary/aromatic N) is 2. The van der Waals surface area contributed by atoms with Crippen LogP contribution in [-0.4, -0.2) is 15.5 Å². The zero-order chi connectivity index (χ0) is 18.7. The Morgan fingerprint density at radius 3 is 2.85 bits per heavy atom. The Labute approximate surface area is 156 Å². The number of fused-ring (bicyclic) bond motifs is 1. The highest BCUT2D eigenvalue weighted by atomic mass is 35.5.